The third-order valence-corrected chi connectivity index (χ3v) is 5.99. The molecule has 0 aliphatic carbocycles. The molecule has 0 bridgehead atoms. The lowest BCUT2D eigenvalue weighted by Crippen LogP contribution is -2.38. The second-order valence-electron chi connectivity index (χ2n) is 8.65. The Morgan fingerprint density at radius 2 is 1.71 bits per heavy atom. The first-order valence-corrected chi connectivity index (χ1v) is 10.6. The molecule has 1 heterocycles. The summed E-state index contributed by atoms with van der Waals surface area (Å²) in [4.78, 5) is 12.9. The highest BCUT2D eigenvalue weighted by Gasteiger charge is 2.25. The number of fused-ring (bicyclic) bond motifs is 2. The van der Waals surface area contributed by atoms with E-state index in [-0.39, 0.29) is 17.2 Å². The van der Waals surface area contributed by atoms with Crippen LogP contribution in [-0.4, -0.2) is 32.8 Å². The molecule has 5 heteroatoms. The standard InChI is InChI=1S/C26H29NO4/c1-17(18-5-6-20-14-22(29-4)9-7-19(20)13-18)25(28)27-16-26(2,3)21-8-10-23-24(15-21)31-12-11-30-23/h5-10,13-15,17H,11-12,16H2,1-4H3,(H,27,28)/t17-/m0/s1. The first kappa shape index (κ1) is 21.0. The number of nitrogens with one attached hydrogen (secondary N) is 1. The van der Waals surface area contributed by atoms with Gasteiger partial charge in [-0.2, -0.15) is 0 Å². The molecule has 0 saturated carbocycles. The van der Waals surface area contributed by atoms with Crippen LogP contribution in [0.5, 0.6) is 17.2 Å². The molecule has 5 nitrogen and oxygen atoms in total. The second kappa shape index (κ2) is 8.50. The van der Waals surface area contributed by atoms with E-state index in [0.717, 1.165) is 39.1 Å². The molecule has 3 aromatic carbocycles. The van der Waals surface area contributed by atoms with Crippen LogP contribution < -0.4 is 19.5 Å². The minimum Gasteiger partial charge on any atom is -0.497 e. The summed E-state index contributed by atoms with van der Waals surface area (Å²) in [6.07, 6.45) is 0. The number of carbonyl (C=O) groups excluding carboxylic acids is 1. The van der Waals surface area contributed by atoms with Crippen molar-refractivity contribution in [2.24, 2.45) is 0 Å². The fourth-order valence-corrected chi connectivity index (χ4v) is 3.82. The molecular weight excluding hydrogens is 390 g/mol. The van der Waals surface area contributed by atoms with Gasteiger partial charge in [-0.3, -0.25) is 4.79 Å². The van der Waals surface area contributed by atoms with E-state index in [1.54, 1.807) is 7.11 Å². The summed E-state index contributed by atoms with van der Waals surface area (Å²) in [5.74, 6) is 2.13. The highest BCUT2D eigenvalue weighted by Crippen LogP contribution is 2.35. The second-order valence-corrected chi connectivity index (χ2v) is 8.65. The Balaban J connectivity index is 1.44. The normalized spacial score (nSPS) is 14.2. The number of methoxy groups -OCH3 is 1. The van der Waals surface area contributed by atoms with Crippen LogP contribution in [0.4, 0.5) is 0 Å². The highest BCUT2D eigenvalue weighted by atomic mass is 16.6. The van der Waals surface area contributed by atoms with Gasteiger partial charge in [-0.25, -0.2) is 0 Å². The maximum absolute atomic E-state index is 12.9. The number of benzene rings is 3. The molecule has 1 aliphatic rings. The molecule has 162 valence electrons. The van der Waals surface area contributed by atoms with E-state index in [9.17, 15) is 4.79 Å². The van der Waals surface area contributed by atoms with E-state index in [2.05, 4.69) is 25.2 Å². The van der Waals surface area contributed by atoms with Crippen molar-refractivity contribution in [2.45, 2.75) is 32.1 Å². The van der Waals surface area contributed by atoms with Gasteiger partial charge >= 0.3 is 0 Å². The minimum absolute atomic E-state index is 0.0125. The Kier molecular flexibility index (Phi) is 5.77. The number of amides is 1. The van der Waals surface area contributed by atoms with Crippen molar-refractivity contribution >= 4 is 16.7 Å². The van der Waals surface area contributed by atoms with Gasteiger partial charge in [-0.15, -0.1) is 0 Å². The lowest BCUT2D eigenvalue weighted by molar-refractivity contribution is -0.122. The Bertz CT molecular complexity index is 1110. The lowest BCUT2D eigenvalue weighted by Gasteiger charge is -2.28. The first-order valence-electron chi connectivity index (χ1n) is 10.6. The molecule has 0 spiro atoms. The summed E-state index contributed by atoms with van der Waals surface area (Å²) in [7, 11) is 1.66. The topological polar surface area (TPSA) is 56.8 Å². The molecule has 1 atom stereocenters. The van der Waals surface area contributed by atoms with E-state index >= 15 is 0 Å². The van der Waals surface area contributed by atoms with Crippen LogP contribution in [0.3, 0.4) is 0 Å². The fourth-order valence-electron chi connectivity index (χ4n) is 3.82. The number of carbonyl (C=O) groups is 1. The largest absolute Gasteiger partial charge is 0.497 e. The molecule has 1 amide bonds. The van der Waals surface area contributed by atoms with Gasteiger partial charge in [-0.1, -0.05) is 44.2 Å². The summed E-state index contributed by atoms with van der Waals surface area (Å²) < 4.78 is 16.6. The van der Waals surface area contributed by atoms with Crippen molar-refractivity contribution in [3.05, 3.63) is 65.7 Å². The summed E-state index contributed by atoms with van der Waals surface area (Å²) in [5.41, 5.74) is 1.85. The van der Waals surface area contributed by atoms with E-state index in [4.69, 9.17) is 14.2 Å². The van der Waals surface area contributed by atoms with Crippen LogP contribution in [-0.2, 0) is 10.2 Å². The van der Waals surface area contributed by atoms with Gasteiger partial charge < -0.3 is 19.5 Å². The maximum Gasteiger partial charge on any atom is 0.227 e. The van der Waals surface area contributed by atoms with Crippen LogP contribution >= 0.6 is 0 Å². The molecule has 31 heavy (non-hydrogen) atoms. The number of ether oxygens (including phenoxy) is 3. The van der Waals surface area contributed by atoms with Gasteiger partial charge in [0, 0.05) is 12.0 Å². The third-order valence-electron chi connectivity index (χ3n) is 5.99. The van der Waals surface area contributed by atoms with Crippen molar-refractivity contribution in [3.8, 4) is 17.2 Å². The molecule has 0 unspecified atom stereocenters. The molecule has 0 saturated heterocycles. The van der Waals surface area contributed by atoms with Crippen molar-refractivity contribution in [1.29, 1.82) is 0 Å². The number of hydrogen-bond donors (Lipinski definition) is 1. The van der Waals surface area contributed by atoms with Gasteiger partial charge in [0.1, 0.15) is 19.0 Å². The van der Waals surface area contributed by atoms with E-state index in [1.165, 1.54) is 0 Å². The van der Waals surface area contributed by atoms with E-state index in [0.29, 0.717) is 19.8 Å². The molecular formula is C26H29NO4. The van der Waals surface area contributed by atoms with Crippen LogP contribution in [0.2, 0.25) is 0 Å². The average molecular weight is 420 g/mol. The van der Waals surface area contributed by atoms with Crippen LogP contribution in [0.25, 0.3) is 10.8 Å². The average Bonchev–Trinajstić information content (AvgIpc) is 2.81. The molecule has 1 aliphatic heterocycles. The zero-order valence-electron chi connectivity index (χ0n) is 18.5. The zero-order valence-corrected chi connectivity index (χ0v) is 18.5. The predicted octanol–water partition coefficient (Wildman–Crippen LogP) is 4.82. The van der Waals surface area contributed by atoms with Gasteiger partial charge in [-0.05, 0) is 53.1 Å². The van der Waals surface area contributed by atoms with Gasteiger partial charge in [0.25, 0.3) is 0 Å². The molecule has 0 radical (unpaired) electrons. The SMILES string of the molecule is COc1ccc2cc([C@H](C)C(=O)NCC(C)(C)c3ccc4c(c3)OCCO4)ccc2c1. The van der Waals surface area contributed by atoms with Gasteiger partial charge in [0.2, 0.25) is 5.91 Å². The van der Waals surface area contributed by atoms with Crippen molar-refractivity contribution in [2.75, 3.05) is 26.9 Å². The first-order chi connectivity index (χ1) is 14.9. The Morgan fingerprint density at radius 3 is 2.48 bits per heavy atom. The fraction of sp³-hybridized carbons (Fsp3) is 0.346. The van der Waals surface area contributed by atoms with Gasteiger partial charge in [0.05, 0.1) is 13.0 Å². The molecule has 4 rings (SSSR count). The van der Waals surface area contributed by atoms with Crippen LogP contribution in [0.15, 0.2) is 54.6 Å². The summed E-state index contributed by atoms with van der Waals surface area (Å²) in [6, 6.07) is 18.1. The quantitative estimate of drug-likeness (QED) is 0.623. The van der Waals surface area contributed by atoms with E-state index in [1.807, 2.05) is 55.5 Å². The monoisotopic (exact) mass is 419 g/mol. The van der Waals surface area contributed by atoms with Crippen LogP contribution in [0.1, 0.15) is 37.8 Å². The maximum atomic E-state index is 12.9. The molecule has 3 aromatic rings. The summed E-state index contributed by atoms with van der Waals surface area (Å²) >= 11 is 0. The number of rotatable bonds is 6. The lowest BCUT2D eigenvalue weighted by atomic mass is 9.84. The van der Waals surface area contributed by atoms with Crippen LogP contribution in [0, 0.1) is 0 Å². The Morgan fingerprint density at radius 1 is 1.00 bits per heavy atom. The zero-order chi connectivity index (χ0) is 22.0. The Hall–Kier alpha value is -3.21. The third kappa shape index (κ3) is 4.46. The van der Waals surface area contributed by atoms with E-state index < -0.39 is 0 Å². The Labute approximate surface area is 183 Å². The highest BCUT2D eigenvalue weighted by molar-refractivity contribution is 5.88. The molecule has 0 fully saturated rings. The molecule has 1 N–H and O–H groups in total. The molecule has 0 aromatic heterocycles. The summed E-state index contributed by atoms with van der Waals surface area (Å²) in [6.45, 7) is 7.84. The summed E-state index contributed by atoms with van der Waals surface area (Å²) in [5, 5.41) is 5.32. The minimum atomic E-state index is -0.248. The van der Waals surface area contributed by atoms with Crippen molar-refractivity contribution in [1.82, 2.24) is 5.32 Å². The van der Waals surface area contributed by atoms with Crippen molar-refractivity contribution < 1.29 is 19.0 Å². The predicted molar refractivity (Wildman–Crippen MR) is 122 cm³/mol. The smallest absolute Gasteiger partial charge is 0.227 e. The van der Waals surface area contributed by atoms with Crippen molar-refractivity contribution in [3.63, 3.8) is 0 Å². The van der Waals surface area contributed by atoms with Gasteiger partial charge in [0.15, 0.2) is 11.5 Å². The number of hydrogen-bond acceptors (Lipinski definition) is 4.